The number of rotatable bonds is 5. The van der Waals surface area contributed by atoms with Crippen molar-refractivity contribution in [2.75, 3.05) is 0 Å². The second-order valence-corrected chi connectivity index (χ2v) is 5.20. The predicted octanol–water partition coefficient (Wildman–Crippen LogP) is 1.98. The van der Waals surface area contributed by atoms with Gasteiger partial charge in [-0.05, 0) is 42.8 Å². The lowest BCUT2D eigenvalue weighted by Gasteiger charge is -2.02. The Morgan fingerprint density at radius 2 is 1.96 bits per heavy atom. The van der Waals surface area contributed by atoms with Crippen LogP contribution < -0.4 is 10.9 Å². The molecular weight excluding hydrogens is 322 g/mol. The molecule has 2 aromatic carbocycles. The number of aromatic hydroxyl groups is 1. The van der Waals surface area contributed by atoms with Gasteiger partial charge < -0.3 is 5.11 Å². The van der Waals surface area contributed by atoms with E-state index in [-0.39, 0.29) is 5.75 Å². The summed E-state index contributed by atoms with van der Waals surface area (Å²) in [6.45, 7) is 1.88. The lowest BCUT2D eigenvalue weighted by molar-refractivity contribution is -0.124. The first kappa shape index (κ1) is 17.9. The van der Waals surface area contributed by atoms with Crippen molar-refractivity contribution in [3.8, 4) is 5.75 Å². The van der Waals surface area contributed by atoms with E-state index in [1.165, 1.54) is 17.8 Å². The maximum atomic E-state index is 12.1. The Hall–Kier alpha value is -3.45. The first-order valence-corrected chi connectivity index (χ1v) is 7.35. The van der Waals surface area contributed by atoms with Crippen LogP contribution in [0.2, 0.25) is 0 Å². The van der Waals surface area contributed by atoms with Crippen LogP contribution in [0.25, 0.3) is 6.08 Å². The largest absolute Gasteiger partial charge is 0.507 e. The van der Waals surface area contributed by atoms with E-state index in [1.807, 2.05) is 6.92 Å². The van der Waals surface area contributed by atoms with Gasteiger partial charge in [-0.2, -0.15) is 5.10 Å². The van der Waals surface area contributed by atoms with Crippen LogP contribution >= 0.6 is 0 Å². The lowest BCUT2D eigenvalue weighted by Crippen LogP contribution is -2.17. The molecule has 2 amide bonds. The van der Waals surface area contributed by atoms with Crippen molar-refractivity contribution in [1.82, 2.24) is 10.9 Å². The quantitative estimate of drug-likeness (QED) is 0.289. The zero-order valence-corrected chi connectivity index (χ0v) is 13.4. The third-order valence-electron chi connectivity index (χ3n) is 3.24. The number of hydrogen-bond donors (Lipinski definition) is 4. The number of hydroxylamine groups is 1. The Labute approximate surface area is 144 Å². The van der Waals surface area contributed by atoms with Gasteiger partial charge in [-0.25, -0.2) is 10.9 Å². The molecule has 0 aromatic heterocycles. The summed E-state index contributed by atoms with van der Waals surface area (Å²) in [4.78, 5) is 23.1. The van der Waals surface area contributed by atoms with E-state index in [0.29, 0.717) is 16.7 Å². The molecule has 25 heavy (non-hydrogen) atoms. The van der Waals surface area contributed by atoms with Gasteiger partial charge in [0.15, 0.2) is 0 Å². The van der Waals surface area contributed by atoms with Gasteiger partial charge in [-0.1, -0.05) is 23.8 Å². The number of aryl methyl sites for hydroxylation is 1. The standard InChI is InChI=1S/C18H17N3O4/c1-12-5-7-16(22)15(9-12)11-19-20-18(24)14-4-2-3-13(10-14)6-8-17(23)21-25/h2-11,22,25H,1H3,(H,20,24)(H,21,23)/b8-6+,19-11+. The molecule has 0 aliphatic rings. The second kappa shape index (κ2) is 8.42. The Kier molecular flexibility index (Phi) is 6.02. The molecule has 0 aliphatic carbocycles. The number of nitrogens with zero attached hydrogens (tertiary/aromatic N) is 1. The van der Waals surface area contributed by atoms with E-state index in [0.717, 1.165) is 11.6 Å². The van der Waals surface area contributed by atoms with Gasteiger partial charge in [0.2, 0.25) is 0 Å². The highest BCUT2D eigenvalue weighted by Crippen LogP contribution is 2.15. The van der Waals surface area contributed by atoms with Gasteiger partial charge in [0, 0.05) is 17.2 Å². The number of hydrazone groups is 1. The molecule has 0 heterocycles. The molecule has 4 N–H and O–H groups in total. The summed E-state index contributed by atoms with van der Waals surface area (Å²) < 4.78 is 0. The molecule has 7 nitrogen and oxygen atoms in total. The number of phenols is 1. The first-order valence-electron chi connectivity index (χ1n) is 7.35. The summed E-state index contributed by atoms with van der Waals surface area (Å²) in [6, 6.07) is 11.6. The minimum Gasteiger partial charge on any atom is -0.507 e. The number of hydrogen-bond acceptors (Lipinski definition) is 5. The minimum atomic E-state index is -0.669. The normalized spacial score (nSPS) is 11.0. The molecule has 0 radical (unpaired) electrons. The average molecular weight is 339 g/mol. The van der Waals surface area contributed by atoms with Crippen LogP contribution in [0.3, 0.4) is 0 Å². The summed E-state index contributed by atoms with van der Waals surface area (Å²) in [5.41, 5.74) is 6.25. The highest BCUT2D eigenvalue weighted by molar-refractivity contribution is 5.96. The van der Waals surface area contributed by atoms with E-state index < -0.39 is 11.8 Å². The molecule has 128 valence electrons. The highest BCUT2D eigenvalue weighted by Gasteiger charge is 2.05. The molecule has 7 heteroatoms. The topological polar surface area (TPSA) is 111 Å². The van der Waals surface area contributed by atoms with Crippen molar-refractivity contribution in [3.05, 3.63) is 70.8 Å². The molecule has 2 aromatic rings. The number of benzene rings is 2. The first-order chi connectivity index (χ1) is 12.0. The van der Waals surface area contributed by atoms with Gasteiger partial charge in [-0.15, -0.1) is 0 Å². The zero-order valence-electron chi connectivity index (χ0n) is 13.4. The number of carbonyl (C=O) groups excluding carboxylic acids is 2. The van der Waals surface area contributed by atoms with Gasteiger partial charge in [-0.3, -0.25) is 14.8 Å². The fourth-order valence-electron chi connectivity index (χ4n) is 2.00. The van der Waals surface area contributed by atoms with Crippen molar-refractivity contribution < 1.29 is 19.9 Å². The molecule has 0 spiro atoms. The van der Waals surface area contributed by atoms with Gasteiger partial charge in [0.25, 0.3) is 11.8 Å². The van der Waals surface area contributed by atoms with E-state index in [4.69, 9.17) is 5.21 Å². The van der Waals surface area contributed by atoms with Crippen LogP contribution in [0.5, 0.6) is 5.75 Å². The molecule has 0 unspecified atom stereocenters. The maximum Gasteiger partial charge on any atom is 0.271 e. The summed E-state index contributed by atoms with van der Waals surface area (Å²) in [5, 5.41) is 22.0. The molecule has 0 bridgehead atoms. The summed E-state index contributed by atoms with van der Waals surface area (Å²) in [6.07, 6.45) is 3.95. The van der Waals surface area contributed by atoms with Crippen molar-refractivity contribution in [3.63, 3.8) is 0 Å². The Balaban J connectivity index is 2.06. The molecule has 0 atom stereocenters. The maximum absolute atomic E-state index is 12.1. The summed E-state index contributed by atoms with van der Waals surface area (Å²) in [5.74, 6) is -1.04. The van der Waals surface area contributed by atoms with E-state index in [1.54, 1.807) is 42.5 Å². The molecule has 0 aliphatic heterocycles. The lowest BCUT2D eigenvalue weighted by atomic mass is 10.1. The van der Waals surface area contributed by atoms with Gasteiger partial charge in [0.1, 0.15) is 5.75 Å². The van der Waals surface area contributed by atoms with E-state index >= 15 is 0 Å². The smallest absolute Gasteiger partial charge is 0.271 e. The van der Waals surface area contributed by atoms with Crippen LogP contribution in [0.4, 0.5) is 0 Å². The highest BCUT2D eigenvalue weighted by atomic mass is 16.5. The van der Waals surface area contributed by atoms with Crippen LogP contribution in [-0.4, -0.2) is 28.3 Å². The minimum absolute atomic E-state index is 0.0675. The second-order valence-electron chi connectivity index (χ2n) is 5.20. The SMILES string of the molecule is Cc1ccc(O)c(/C=N/NC(=O)c2cccc(/C=C/C(=O)NO)c2)c1. The Morgan fingerprint density at radius 1 is 1.16 bits per heavy atom. The number of phenolic OH excluding ortho intramolecular Hbond substituents is 1. The Morgan fingerprint density at radius 3 is 2.72 bits per heavy atom. The average Bonchev–Trinajstić information content (AvgIpc) is 2.62. The number of carbonyl (C=O) groups is 2. The molecule has 0 saturated carbocycles. The third-order valence-corrected chi connectivity index (χ3v) is 3.24. The summed E-state index contributed by atoms with van der Waals surface area (Å²) in [7, 11) is 0. The molecule has 2 rings (SSSR count). The third kappa shape index (κ3) is 5.29. The van der Waals surface area contributed by atoms with Gasteiger partial charge >= 0.3 is 0 Å². The van der Waals surface area contributed by atoms with E-state index in [2.05, 4.69) is 10.5 Å². The summed E-state index contributed by atoms with van der Waals surface area (Å²) >= 11 is 0. The van der Waals surface area contributed by atoms with Crippen LogP contribution in [0.15, 0.2) is 53.6 Å². The van der Waals surface area contributed by atoms with Crippen LogP contribution in [0.1, 0.15) is 27.0 Å². The van der Waals surface area contributed by atoms with Crippen molar-refractivity contribution >= 4 is 24.1 Å². The van der Waals surface area contributed by atoms with Crippen LogP contribution in [0, 0.1) is 6.92 Å². The molecule has 0 fully saturated rings. The molecule has 0 saturated heterocycles. The van der Waals surface area contributed by atoms with E-state index in [9.17, 15) is 14.7 Å². The van der Waals surface area contributed by atoms with Crippen LogP contribution in [-0.2, 0) is 4.79 Å². The monoisotopic (exact) mass is 339 g/mol. The van der Waals surface area contributed by atoms with Gasteiger partial charge in [0.05, 0.1) is 6.21 Å². The van der Waals surface area contributed by atoms with Crippen molar-refractivity contribution in [1.29, 1.82) is 0 Å². The zero-order chi connectivity index (χ0) is 18.2. The predicted molar refractivity (Wildman–Crippen MR) is 93.3 cm³/mol. The Bertz CT molecular complexity index is 844. The fraction of sp³-hybridized carbons (Fsp3) is 0.0556. The molecular formula is C18H17N3O4. The van der Waals surface area contributed by atoms with Crippen molar-refractivity contribution in [2.45, 2.75) is 6.92 Å². The number of amides is 2. The number of nitrogens with one attached hydrogen (secondary N) is 2. The van der Waals surface area contributed by atoms with Crippen molar-refractivity contribution in [2.24, 2.45) is 5.10 Å². The fourth-order valence-corrected chi connectivity index (χ4v) is 2.00.